The molecule has 302 valence electrons. The number of nitrogens with zero attached hydrogens (tertiary/aromatic N) is 1. The molecule has 0 amide bonds. The van der Waals surface area contributed by atoms with E-state index in [0.717, 1.165) is 24.1 Å². The highest BCUT2D eigenvalue weighted by Gasteiger charge is 2.51. The lowest BCUT2D eigenvalue weighted by Crippen LogP contribution is -2.37. The van der Waals surface area contributed by atoms with Gasteiger partial charge in [-0.15, -0.1) is 0 Å². The monoisotopic (exact) mass is 782 g/mol. The molecule has 4 rings (SSSR count). The fraction of sp³-hybridized carbons (Fsp3) is 0.588. The Morgan fingerprint density at radius 1 is 0.491 bits per heavy atom. The lowest BCUT2D eigenvalue weighted by atomic mass is 9.72. The van der Waals surface area contributed by atoms with Crippen molar-refractivity contribution in [1.29, 1.82) is 0 Å². The second-order valence-electron chi connectivity index (χ2n) is 23.0. The minimum absolute atomic E-state index is 0.0285. The summed E-state index contributed by atoms with van der Waals surface area (Å²) in [6.45, 7) is 51.2. The first kappa shape index (κ1) is 45.5. The van der Waals surface area contributed by atoms with Gasteiger partial charge < -0.3 is 0 Å². The first-order valence-corrected chi connectivity index (χ1v) is 23.4. The Balaban J connectivity index is 2.49. The molecule has 0 radical (unpaired) electrons. The van der Waals surface area contributed by atoms with Crippen LogP contribution >= 0.6 is 15.5 Å². The Labute approximate surface area is 340 Å². The van der Waals surface area contributed by atoms with Crippen LogP contribution in [0.2, 0.25) is 0 Å². The van der Waals surface area contributed by atoms with Gasteiger partial charge >= 0.3 is 0 Å². The maximum absolute atomic E-state index is 17.7. The van der Waals surface area contributed by atoms with E-state index in [1.165, 1.54) is 49.8 Å². The maximum atomic E-state index is 17.7. The van der Waals surface area contributed by atoms with Crippen LogP contribution in [0, 0.1) is 0 Å². The normalized spacial score (nSPS) is 18.2. The zero-order valence-corrected chi connectivity index (χ0v) is 40.9. The van der Waals surface area contributed by atoms with Crippen molar-refractivity contribution in [3.05, 3.63) is 105 Å². The number of rotatable bonds is 6. The quantitative estimate of drug-likeness (QED) is 0.232. The summed E-state index contributed by atoms with van der Waals surface area (Å²) >= 11 is 0. The van der Waals surface area contributed by atoms with Gasteiger partial charge in [-0.3, -0.25) is 4.57 Å². The second-order valence-corrected chi connectivity index (χ2v) is 27.0. The molecular weight excluding hydrogens is 705 g/mol. The summed E-state index contributed by atoms with van der Waals surface area (Å²) < 4.78 is 20.1. The lowest BCUT2D eigenvalue weighted by Gasteiger charge is -2.41. The van der Waals surface area contributed by atoms with Crippen molar-refractivity contribution in [2.75, 3.05) is 0 Å². The van der Waals surface area contributed by atoms with E-state index in [0.29, 0.717) is 0 Å². The van der Waals surface area contributed by atoms with Gasteiger partial charge in [0.25, 0.3) is 0 Å². The Morgan fingerprint density at radius 2 is 0.818 bits per heavy atom. The van der Waals surface area contributed by atoms with Crippen molar-refractivity contribution in [3.63, 3.8) is 0 Å². The van der Waals surface area contributed by atoms with E-state index in [4.69, 9.17) is 0 Å². The molecule has 1 aliphatic heterocycles. The Morgan fingerprint density at radius 3 is 1.11 bits per heavy atom. The third-order valence-electron chi connectivity index (χ3n) is 11.2. The van der Waals surface area contributed by atoms with Crippen molar-refractivity contribution in [1.82, 2.24) is 4.67 Å². The highest BCUT2D eigenvalue weighted by molar-refractivity contribution is 8.00. The van der Waals surface area contributed by atoms with Gasteiger partial charge in [0, 0.05) is 17.4 Å². The van der Waals surface area contributed by atoms with E-state index in [1.54, 1.807) is 0 Å². The zero-order chi connectivity index (χ0) is 42.2. The lowest BCUT2D eigenvalue weighted by molar-refractivity contribution is 0.309. The summed E-state index contributed by atoms with van der Waals surface area (Å²) in [5.74, 6) is 0. The van der Waals surface area contributed by atoms with Gasteiger partial charge in [-0.05, 0) is 110 Å². The van der Waals surface area contributed by atoms with Crippen LogP contribution in [0.1, 0.15) is 202 Å². The first-order chi connectivity index (χ1) is 24.6. The van der Waals surface area contributed by atoms with Crippen LogP contribution in [-0.2, 0) is 37.1 Å². The molecule has 1 aliphatic rings. The van der Waals surface area contributed by atoms with Crippen LogP contribution in [0.15, 0.2) is 54.6 Å². The first-order valence-electron chi connectivity index (χ1n) is 20.8. The molecule has 55 heavy (non-hydrogen) atoms. The molecule has 0 aliphatic carbocycles. The molecule has 0 fully saturated rings. The Hall–Kier alpha value is -2.24. The molecule has 3 aromatic rings. The van der Waals surface area contributed by atoms with Gasteiger partial charge in [-0.2, -0.15) is 0 Å². The number of benzene rings is 3. The van der Waals surface area contributed by atoms with Crippen LogP contribution in [0.4, 0.5) is 0 Å². The SMILES string of the molecule is CC(C)N(C(C)C)P1(=O)C(c2c(C(C)(C)C)cc(C(C)(C)C)cc2C(C)(C)C)=PC(c2c(C(C)(C)C)cc(C(C)(C)C)cc2C(C)(C)C)=C1c1ccccc1. The molecule has 1 unspecified atom stereocenters. The summed E-state index contributed by atoms with van der Waals surface area (Å²) in [6, 6.07) is 20.8. The predicted octanol–water partition coefficient (Wildman–Crippen LogP) is 15.8. The zero-order valence-electron chi connectivity index (χ0n) is 39.1. The average Bonchev–Trinajstić information content (AvgIpc) is 3.29. The summed E-state index contributed by atoms with van der Waals surface area (Å²) in [7, 11) is -2.46. The Kier molecular flexibility index (Phi) is 12.3. The van der Waals surface area contributed by atoms with Crippen LogP contribution in [0.25, 0.3) is 10.6 Å². The van der Waals surface area contributed by atoms with E-state index in [-0.39, 0.29) is 44.6 Å². The van der Waals surface area contributed by atoms with Crippen molar-refractivity contribution in [2.24, 2.45) is 0 Å². The van der Waals surface area contributed by atoms with Crippen LogP contribution in [0.3, 0.4) is 0 Å². The molecule has 0 aromatic heterocycles. The third-order valence-corrected chi connectivity index (χ3v) is 17.0. The topological polar surface area (TPSA) is 20.3 Å². The molecule has 1 heterocycles. The van der Waals surface area contributed by atoms with Crippen molar-refractivity contribution < 1.29 is 4.57 Å². The van der Waals surface area contributed by atoms with Crippen LogP contribution < -0.4 is 0 Å². The summed E-state index contributed by atoms with van der Waals surface area (Å²) in [4.78, 5) is 0. The van der Waals surface area contributed by atoms with E-state index < -0.39 is 7.29 Å². The molecule has 1 atom stereocenters. The molecule has 0 saturated heterocycles. The van der Waals surface area contributed by atoms with Gasteiger partial charge in [0.1, 0.15) is 0 Å². The fourth-order valence-corrected chi connectivity index (χ4v) is 14.8. The Bertz CT molecular complexity index is 1940. The molecule has 0 saturated carbocycles. The largest absolute Gasteiger partial charge is 0.296 e. The van der Waals surface area contributed by atoms with E-state index in [1.807, 2.05) is 0 Å². The van der Waals surface area contributed by atoms with Crippen LogP contribution in [0.5, 0.6) is 0 Å². The molecule has 2 nitrogen and oxygen atoms in total. The van der Waals surface area contributed by atoms with Gasteiger partial charge in [-0.25, -0.2) is 4.67 Å². The molecule has 4 heteroatoms. The average molecular weight is 782 g/mol. The molecule has 3 aromatic carbocycles. The van der Waals surface area contributed by atoms with E-state index in [2.05, 4.69) is 212 Å². The molecule has 0 bridgehead atoms. The summed E-state index contributed by atoms with van der Waals surface area (Å²) in [5, 5.41) is 3.32. The number of hydrogen-bond donors (Lipinski definition) is 0. The number of hydrogen-bond acceptors (Lipinski definition) is 1. The maximum Gasteiger partial charge on any atom is 0.214 e. The smallest absolute Gasteiger partial charge is 0.214 e. The van der Waals surface area contributed by atoms with Gasteiger partial charge in [0.15, 0.2) is 0 Å². The predicted molar refractivity (Wildman–Crippen MR) is 249 cm³/mol. The van der Waals surface area contributed by atoms with Crippen molar-refractivity contribution >= 4 is 31.2 Å². The van der Waals surface area contributed by atoms with Gasteiger partial charge in [-0.1, -0.05) is 187 Å². The second kappa shape index (κ2) is 14.9. The van der Waals surface area contributed by atoms with Gasteiger partial charge in [0.2, 0.25) is 7.29 Å². The summed E-state index contributed by atoms with van der Waals surface area (Å²) in [6.07, 6.45) is 0. The molecule has 0 N–H and O–H groups in total. The van der Waals surface area contributed by atoms with E-state index in [9.17, 15) is 0 Å². The minimum Gasteiger partial charge on any atom is -0.296 e. The van der Waals surface area contributed by atoms with E-state index >= 15 is 4.57 Å². The van der Waals surface area contributed by atoms with Gasteiger partial charge in [0.05, 0.1) is 10.3 Å². The highest BCUT2D eigenvalue weighted by atomic mass is 31.2. The fourth-order valence-electron chi connectivity index (χ4n) is 8.25. The van der Waals surface area contributed by atoms with Crippen molar-refractivity contribution in [3.8, 4) is 0 Å². The highest BCUT2D eigenvalue weighted by Crippen LogP contribution is 2.75. The molecular formula is C51H77NOP2. The minimum atomic E-state index is -3.50. The standard InChI is InChI=1S/C51H77NOP2/c1-32(2)52(33(3)4)55(53)44(34-26-24-23-25-27-34)43(41-37(48(11,12)13)28-35(46(5,6)7)29-38(41)49(14,15)16)54-45(55)42-39(50(17,18)19)30-36(47(8,9)10)31-40(42)51(20,21)22/h23-33H,1-22H3. The van der Waals surface area contributed by atoms with Crippen LogP contribution in [-0.4, -0.2) is 21.8 Å². The summed E-state index contributed by atoms with van der Waals surface area (Å²) in [5.41, 5.74) is 10.7. The molecule has 0 spiro atoms. The van der Waals surface area contributed by atoms with Crippen molar-refractivity contribution in [2.45, 2.75) is 197 Å². The third kappa shape index (κ3) is 8.94.